The van der Waals surface area contributed by atoms with Crippen LogP contribution in [0.25, 0.3) is 0 Å². The van der Waals surface area contributed by atoms with E-state index in [-0.39, 0.29) is 24.2 Å². The summed E-state index contributed by atoms with van der Waals surface area (Å²) in [5.74, 6) is -0.160. The molecular weight excluding hydrogens is 388 g/mol. The van der Waals surface area contributed by atoms with E-state index in [0.29, 0.717) is 11.6 Å². The molecule has 2 amide bonds. The van der Waals surface area contributed by atoms with Gasteiger partial charge in [0.2, 0.25) is 11.8 Å². The number of halogens is 1. The first-order valence-electron chi connectivity index (χ1n) is 10.1. The summed E-state index contributed by atoms with van der Waals surface area (Å²) in [7, 11) is 0. The zero-order valence-corrected chi connectivity index (χ0v) is 17.1. The number of carbonyl (C=O) groups excluding carboxylic acids is 2. The molecule has 1 atom stereocenters. The van der Waals surface area contributed by atoms with Gasteiger partial charge in [0.15, 0.2) is 0 Å². The van der Waals surface area contributed by atoms with Gasteiger partial charge in [-0.15, -0.1) is 0 Å². The topological polar surface area (TPSA) is 56.8 Å². The number of rotatable bonds is 5. The Labute approximate surface area is 176 Å². The minimum absolute atomic E-state index is 0.00154. The first-order valence-corrected chi connectivity index (χ1v) is 10.4. The van der Waals surface area contributed by atoms with Crippen molar-refractivity contribution in [3.05, 3.63) is 59.4 Å². The number of benzene rings is 1. The summed E-state index contributed by atoms with van der Waals surface area (Å²) < 4.78 is 0. The minimum Gasteiger partial charge on any atom is -0.340 e. The number of aromatic nitrogens is 1. The van der Waals surface area contributed by atoms with Gasteiger partial charge in [0.05, 0.1) is 5.92 Å². The Bertz CT molecular complexity index is 851. The highest BCUT2D eigenvalue weighted by Crippen LogP contribution is 2.27. The summed E-state index contributed by atoms with van der Waals surface area (Å²) in [6.45, 7) is 4.62. The van der Waals surface area contributed by atoms with Crippen LogP contribution in [0.2, 0.25) is 5.02 Å². The fourth-order valence-corrected chi connectivity index (χ4v) is 4.16. The van der Waals surface area contributed by atoms with Gasteiger partial charge in [-0.1, -0.05) is 11.6 Å². The second-order valence-electron chi connectivity index (χ2n) is 7.65. The lowest BCUT2D eigenvalue weighted by molar-refractivity contribution is -0.137. The summed E-state index contributed by atoms with van der Waals surface area (Å²) in [6.07, 6.45) is 4.91. The predicted octanol–water partition coefficient (Wildman–Crippen LogP) is 2.47. The van der Waals surface area contributed by atoms with Crippen LogP contribution in [0.1, 0.15) is 12.0 Å². The van der Waals surface area contributed by atoms with Crippen molar-refractivity contribution < 1.29 is 9.59 Å². The quantitative estimate of drug-likeness (QED) is 0.757. The van der Waals surface area contributed by atoms with Crippen molar-refractivity contribution >= 4 is 29.1 Å². The van der Waals surface area contributed by atoms with Crippen LogP contribution in [0, 0.1) is 5.92 Å². The molecule has 2 aromatic rings. The largest absolute Gasteiger partial charge is 0.340 e. The van der Waals surface area contributed by atoms with E-state index in [1.165, 1.54) is 5.56 Å². The maximum Gasteiger partial charge on any atom is 0.228 e. The lowest BCUT2D eigenvalue weighted by atomic mass is 10.1. The molecule has 1 aromatic carbocycles. The lowest BCUT2D eigenvalue weighted by Gasteiger charge is -2.35. The zero-order chi connectivity index (χ0) is 20.2. The van der Waals surface area contributed by atoms with Crippen LogP contribution in [0.5, 0.6) is 0 Å². The van der Waals surface area contributed by atoms with E-state index in [9.17, 15) is 9.59 Å². The maximum atomic E-state index is 13.0. The molecule has 0 unspecified atom stereocenters. The Morgan fingerprint density at radius 1 is 1.03 bits per heavy atom. The molecule has 0 saturated carbocycles. The van der Waals surface area contributed by atoms with Crippen molar-refractivity contribution in [2.24, 2.45) is 5.92 Å². The summed E-state index contributed by atoms with van der Waals surface area (Å²) in [5, 5.41) is 0.634. The molecule has 6 nitrogen and oxygen atoms in total. The molecule has 0 radical (unpaired) electrons. The number of anilines is 1. The second-order valence-corrected chi connectivity index (χ2v) is 8.09. The number of pyridine rings is 1. The third-order valence-corrected chi connectivity index (χ3v) is 6.01. The van der Waals surface area contributed by atoms with Crippen LogP contribution in [0.3, 0.4) is 0 Å². The van der Waals surface area contributed by atoms with E-state index in [2.05, 4.69) is 9.88 Å². The molecule has 2 aliphatic heterocycles. The van der Waals surface area contributed by atoms with Gasteiger partial charge < -0.3 is 9.80 Å². The van der Waals surface area contributed by atoms with Crippen molar-refractivity contribution in [2.75, 3.05) is 44.2 Å². The first-order chi connectivity index (χ1) is 14.1. The third kappa shape index (κ3) is 4.77. The van der Waals surface area contributed by atoms with E-state index in [1.54, 1.807) is 17.0 Å². The van der Waals surface area contributed by atoms with Crippen molar-refractivity contribution in [2.45, 2.75) is 12.8 Å². The molecule has 2 fully saturated rings. The molecule has 0 bridgehead atoms. The number of nitrogens with zero attached hydrogens (tertiary/aromatic N) is 4. The standard InChI is InChI=1S/C22H25ClN4O2/c23-19-1-3-20(4-2-19)27-16-18(15-21(27)28)22(29)26-13-11-25(12-14-26)10-7-17-5-8-24-9-6-17/h1-6,8-9,18H,7,10-16H2/t18-/m0/s1. The van der Waals surface area contributed by atoms with Crippen molar-refractivity contribution in [1.29, 1.82) is 0 Å². The Morgan fingerprint density at radius 3 is 2.41 bits per heavy atom. The molecule has 0 aliphatic carbocycles. The van der Waals surface area contributed by atoms with E-state index in [4.69, 9.17) is 11.6 Å². The number of piperazine rings is 1. The fraction of sp³-hybridized carbons (Fsp3) is 0.409. The van der Waals surface area contributed by atoms with E-state index >= 15 is 0 Å². The average Bonchev–Trinajstić information content (AvgIpc) is 3.15. The number of carbonyl (C=O) groups is 2. The lowest BCUT2D eigenvalue weighted by Crippen LogP contribution is -2.51. The Morgan fingerprint density at radius 2 is 1.72 bits per heavy atom. The Balaban J connectivity index is 1.27. The van der Waals surface area contributed by atoms with Gasteiger partial charge in [-0.05, 0) is 48.4 Å². The minimum atomic E-state index is -0.262. The van der Waals surface area contributed by atoms with Crippen LogP contribution in [-0.2, 0) is 16.0 Å². The van der Waals surface area contributed by atoms with Gasteiger partial charge in [-0.3, -0.25) is 19.5 Å². The Hall–Kier alpha value is -2.44. The average molecular weight is 413 g/mol. The summed E-state index contributed by atoms with van der Waals surface area (Å²) in [6, 6.07) is 11.3. The molecule has 3 heterocycles. The van der Waals surface area contributed by atoms with Gasteiger partial charge in [0.1, 0.15) is 0 Å². The molecule has 1 aromatic heterocycles. The Kier molecular flexibility index (Phi) is 6.11. The normalized spacial score (nSPS) is 20.3. The first kappa shape index (κ1) is 19.9. The van der Waals surface area contributed by atoms with Gasteiger partial charge in [-0.25, -0.2) is 0 Å². The molecule has 29 heavy (non-hydrogen) atoms. The molecule has 7 heteroatoms. The van der Waals surface area contributed by atoms with Gasteiger partial charge in [-0.2, -0.15) is 0 Å². The maximum absolute atomic E-state index is 13.0. The molecule has 152 valence electrons. The zero-order valence-electron chi connectivity index (χ0n) is 16.3. The highest BCUT2D eigenvalue weighted by Gasteiger charge is 2.37. The number of hydrogen-bond acceptors (Lipinski definition) is 4. The number of amides is 2. The second kappa shape index (κ2) is 8.93. The van der Waals surface area contributed by atoms with Crippen molar-refractivity contribution in [3.8, 4) is 0 Å². The number of hydrogen-bond donors (Lipinski definition) is 0. The van der Waals surface area contributed by atoms with E-state index in [0.717, 1.165) is 44.8 Å². The van der Waals surface area contributed by atoms with Crippen molar-refractivity contribution in [1.82, 2.24) is 14.8 Å². The van der Waals surface area contributed by atoms with Crippen molar-refractivity contribution in [3.63, 3.8) is 0 Å². The van der Waals surface area contributed by atoms with Crippen LogP contribution < -0.4 is 4.90 Å². The smallest absolute Gasteiger partial charge is 0.228 e. The third-order valence-electron chi connectivity index (χ3n) is 5.76. The van der Waals surface area contributed by atoms with E-state index in [1.807, 2.05) is 41.6 Å². The van der Waals surface area contributed by atoms with E-state index < -0.39 is 0 Å². The molecule has 0 spiro atoms. The fourth-order valence-electron chi connectivity index (χ4n) is 4.03. The molecule has 2 aliphatic rings. The highest BCUT2D eigenvalue weighted by atomic mass is 35.5. The summed E-state index contributed by atoms with van der Waals surface area (Å²) in [5.41, 5.74) is 2.08. The van der Waals surface area contributed by atoms with Crippen LogP contribution in [0.4, 0.5) is 5.69 Å². The van der Waals surface area contributed by atoms with Crippen LogP contribution in [-0.4, -0.2) is 65.9 Å². The van der Waals surface area contributed by atoms with Crippen LogP contribution in [0.15, 0.2) is 48.8 Å². The highest BCUT2D eigenvalue weighted by molar-refractivity contribution is 6.30. The van der Waals surface area contributed by atoms with Crippen LogP contribution >= 0.6 is 11.6 Å². The molecule has 2 saturated heterocycles. The van der Waals surface area contributed by atoms with Gasteiger partial charge >= 0.3 is 0 Å². The molecule has 0 N–H and O–H groups in total. The predicted molar refractivity (Wildman–Crippen MR) is 113 cm³/mol. The van der Waals surface area contributed by atoms with Gasteiger partial charge in [0.25, 0.3) is 0 Å². The molecule has 4 rings (SSSR count). The summed E-state index contributed by atoms with van der Waals surface area (Å²) in [4.78, 5) is 35.5. The SMILES string of the molecule is O=C([C@H]1CC(=O)N(c2ccc(Cl)cc2)C1)N1CCN(CCc2ccncc2)CC1. The molecular formula is C22H25ClN4O2. The summed E-state index contributed by atoms with van der Waals surface area (Å²) >= 11 is 5.93. The monoisotopic (exact) mass is 412 g/mol. The van der Waals surface area contributed by atoms with Gasteiger partial charge in [0, 0.05) is 68.8 Å².